The van der Waals surface area contributed by atoms with Crippen LogP contribution in [0, 0.1) is 11.8 Å². The molecule has 0 aromatic carbocycles. The molecule has 1 aliphatic carbocycles. The normalized spacial score (nSPS) is 29.5. The minimum atomic E-state index is -0.167. The van der Waals surface area contributed by atoms with Crippen LogP contribution in [0.1, 0.15) is 47.0 Å². The van der Waals surface area contributed by atoms with Crippen LogP contribution in [0.25, 0.3) is 0 Å². The monoisotopic (exact) mass is 257 g/mol. The van der Waals surface area contributed by atoms with Crippen LogP contribution in [0.2, 0.25) is 0 Å². The molecule has 0 heterocycles. The molecule has 0 aromatic rings. The summed E-state index contributed by atoms with van der Waals surface area (Å²) in [7, 11) is 1.74. The maximum atomic E-state index is 10.3. The Balaban J connectivity index is 2.67. The van der Waals surface area contributed by atoms with E-state index in [9.17, 15) is 5.11 Å². The molecule has 1 rings (SSSR count). The SMILES string of the molecule is COCCN(C(C)C)C1CC(C(C)C)CCC1O. The molecule has 0 amide bonds. The van der Waals surface area contributed by atoms with Gasteiger partial charge in [0, 0.05) is 25.7 Å². The largest absolute Gasteiger partial charge is 0.391 e. The van der Waals surface area contributed by atoms with Crippen molar-refractivity contribution in [3.05, 3.63) is 0 Å². The molecule has 18 heavy (non-hydrogen) atoms. The van der Waals surface area contributed by atoms with Crippen LogP contribution in [-0.2, 0) is 4.74 Å². The summed E-state index contributed by atoms with van der Waals surface area (Å²) in [6.45, 7) is 10.7. The third kappa shape index (κ3) is 4.22. The third-order valence-electron chi connectivity index (χ3n) is 4.41. The molecule has 1 saturated carbocycles. The molecule has 0 aliphatic heterocycles. The molecule has 108 valence electrons. The number of methoxy groups -OCH3 is 1. The lowest BCUT2D eigenvalue weighted by atomic mass is 9.77. The number of aliphatic hydroxyl groups is 1. The van der Waals surface area contributed by atoms with Crippen molar-refractivity contribution in [2.24, 2.45) is 11.8 Å². The summed E-state index contributed by atoms with van der Waals surface area (Å²) in [5.41, 5.74) is 0. The van der Waals surface area contributed by atoms with Gasteiger partial charge in [0.15, 0.2) is 0 Å². The van der Waals surface area contributed by atoms with Gasteiger partial charge in [-0.05, 0) is 44.9 Å². The number of rotatable bonds is 6. The van der Waals surface area contributed by atoms with E-state index in [1.807, 2.05) is 0 Å². The van der Waals surface area contributed by atoms with E-state index in [-0.39, 0.29) is 6.10 Å². The topological polar surface area (TPSA) is 32.7 Å². The average molecular weight is 257 g/mol. The molecule has 0 spiro atoms. The van der Waals surface area contributed by atoms with Crippen molar-refractivity contribution in [3.63, 3.8) is 0 Å². The quantitative estimate of drug-likeness (QED) is 0.793. The minimum absolute atomic E-state index is 0.167. The highest BCUT2D eigenvalue weighted by Crippen LogP contribution is 2.33. The van der Waals surface area contributed by atoms with Crippen LogP contribution in [0.4, 0.5) is 0 Å². The fourth-order valence-electron chi connectivity index (χ4n) is 3.13. The second-order valence-electron chi connectivity index (χ2n) is 6.28. The van der Waals surface area contributed by atoms with Gasteiger partial charge in [-0.3, -0.25) is 4.90 Å². The highest BCUT2D eigenvalue weighted by Gasteiger charge is 2.35. The summed E-state index contributed by atoms with van der Waals surface area (Å²) < 4.78 is 5.20. The predicted octanol–water partition coefficient (Wildman–Crippen LogP) is 2.53. The molecular formula is C15H31NO2. The van der Waals surface area contributed by atoms with Gasteiger partial charge in [0.2, 0.25) is 0 Å². The van der Waals surface area contributed by atoms with E-state index >= 15 is 0 Å². The first-order chi connectivity index (χ1) is 8.47. The van der Waals surface area contributed by atoms with E-state index in [1.54, 1.807) is 7.11 Å². The number of ether oxygens (including phenoxy) is 1. The fraction of sp³-hybridized carbons (Fsp3) is 1.00. The van der Waals surface area contributed by atoms with Crippen LogP contribution in [0.5, 0.6) is 0 Å². The van der Waals surface area contributed by atoms with Crippen molar-refractivity contribution in [1.29, 1.82) is 0 Å². The Morgan fingerprint density at radius 2 is 1.89 bits per heavy atom. The van der Waals surface area contributed by atoms with E-state index in [2.05, 4.69) is 32.6 Å². The second kappa shape index (κ2) is 7.46. The Bertz CT molecular complexity index is 231. The van der Waals surface area contributed by atoms with Gasteiger partial charge in [0.1, 0.15) is 0 Å². The first-order valence-corrected chi connectivity index (χ1v) is 7.40. The first-order valence-electron chi connectivity index (χ1n) is 7.40. The third-order valence-corrected chi connectivity index (χ3v) is 4.41. The Hall–Kier alpha value is -0.120. The number of nitrogens with zero attached hydrogens (tertiary/aromatic N) is 1. The fourth-order valence-corrected chi connectivity index (χ4v) is 3.13. The van der Waals surface area contributed by atoms with Crippen molar-refractivity contribution in [1.82, 2.24) is 4.90 Å². The molecule has 0 aromatic heterocycles. The molecule has 3 unspecified atom stereocenters. The van der Waals surface area contributed by atoms with Gasteiger partial charge in [0.05, 0.1) is 12.7 Å². The smallest absolute Gasteiger partial charge is 0.0695 e. The summed E-state index contributed by atoms with van der Waals surface area (Å²) in [6.07, 6.45) is 3.08. The van der Waals surface area contributed by atoms with E-state index in [1.165, 1.54) is 6.42 Å². The molecule has 0 radical (unpaired) electrons. The molecule has 1 fully saturated rings. The zero-order chi connectivity index (χ0) is 13.7. The highest BCUT2D eigenvalue weighted by atomic mass is 16.5. The first kappa shape index (κ1) is 15.9. The number of hydrogen-bond donors (Lipinski definition) is 1. The summed E-state index contributed by atoms with van der Waals surface area (Å²) in [5.74, 6) is 1.47. The lowest BCUT2D eigenvalue weighted by Crippen LogP contribution is -2.51. The van der Waals surface area contributed by atoms with Crippen molar-refractivity contribution in [2.75, 3.05) is 20.3 Å². The van der Waals surface area contributed by atoms with Crippen LogP contribution < -0.4 is 0 Å². The maximum Gasteiger partial charge on any atom is 0.0695 e. The van der Waals surface area contributed by atoms with Gasteiger partial charge >= 0.3 is 0 Å². The van der Waals surface area contributed by atoms with Gasteiger partial charge in [-0.25, -0.2) is 0 Å². The van der Waals surface area contributed by atoms with Crippen molar-refractivity contribution >= 4 is 0 Å². The lowest BCUT2D eigenvalue weighted by molar-refractivity contribution is -0.0255. The summed E-state index contributed by atoms with van der Waals surface area (Å²) in [6, 6.07) is 0.770. The number of aliphatic hydroxyl groups excluding tert-OH is 1. The molecule has 3 heteroatoms. The Morgan fingerprint density at radius 3 is 2.39 bits per heavy atom. The Labute approximate surface area is 113 Å². The minimum Gasteiger partial charge on any atom is -0.391 e. The molecule has 0 saturated heterocycles. The predicted molar refractivity (Wildman–Crippen MR) is 75.7 cm³/mol. The Kier molecular flexibility index (Phi) is 6.61. The lowest BCUT2D eigenvalue weighted by Gasteiger charge is -2.43. The highest BCUT2D eigenvalue weighted by molar-refractivity contribution is 4.89. The standard InChI is InChI=1S/C15H31NO2/c1-11(2)13-6-7-15(17)14(10-13)16(12(3)4)8-9-18-5/h11-15,17H,6-10H2,1-5H3. The van der Waals surface area contributed by atoms with E-state index in [4.69, 9.17) is 4.74 Å². The van der Waals surface area contributed by atoms with Crippen molar-refractivity contribution < 1.29 is 9.84 Å². The zero-order valence-corrected chi connectivity index (χ0v) is 12.7. The number of hydrogen-bond acceptors (Lipinski definition) is 3. The van der Waals surface area contributed by atoms with E-state index in [0.717, 1.165) is 37.8 Å². The molecular weight excluding hydrogens is 226 g/mol. The van der Waals surface area contributed by atoms with Gasteiger partial charge in [0.25, 0.3) is 0 Å². The molecule has 0 bridgehead atoms. The average Bonchev–Trinajstić information content (AvgIpc) is 2.31. The van der Waals surface area contributed by atoms with Gasteiger partial charge < -0.3 is 9.84 Å². The van der Waals surface area contributed by atoms with Gasteiger partial charge in [-0.15, -0.1) is 0 Å². The second-order valence-corrected chi connectivity index (χ2v) is 6.28. The maximum absolute atomic E-state index is 10.3. The van der Waals surface area contributed by atoms with Crippen LogP contribution >= 0.6 is 0 Å². The van der Waals surface area contributed by atoms with Crippen molar-refractivity contribution in [3.8, 4) is 0 Å². The molecule has 3 atom stereocenters. The zero-order valence-electron chi connectivity index (χ0n) is 12.7. The van der Waals surface area contributed by atoms with Crippen LogP contribution in [-0.4, -0.2) is 48.5 Å². The van der Waals surface area contributed by atoms with E-state index < -0.39 is 0 Å². The van der Waals surface area contributed by atoms with Crippen LogP contribution in [0.15, 0.2) is 0 Å². The molecule has 1 N–H and O–H groups in total. The summed E-state index contributed by atoms with van der Waals surface area (Å²) >= 11 is 0. The summed E-state index contributed by atoms with van der Waals surface area (Å²) in [4.78, 5) is 2.42. The van der Waals surface area contributed by atoms with Gasteiger partial charge in [-0.2, -0.15) is 0 Å². The molecule has 3 nitrogen and oxygen atoms in total. The van der Waals surface area contributed by atoms with E-state index in [0.29, 0.717) is 12.1 Å². The Morgan fingerprint density at radius 1 is 1.22 bits per heavy atom. The van der Waals surface area contributed by atoms with Crippen LogP contribution in [0.3, 0.4) is 0 Å². The summed E-state index contributed by atoms with van der Waals surface area (Å²) in [5, 5.41) is 10.3. The molecule has 1 aliphatic rings. The van der Waals surface area contributed by atoms with Crippen molar-refractivity contribution in [2.45, 2.75) is 65.1 Å². The van der Waals surface area contributed by atoms with Gasteiger partial charge in [-0.1, -0.05) is 13.8 Å².